The molecule has 2 heterocycles. The molecule has 4 rings (SSSR count). The van der Waals surface area contributed by atoms with E-state index < -0.39 is 0 Å². The number of nitrogens with zero attached hydrogens (tertiary/aromatic N) is 4. The molecule has 0 aliphatic heterocycles. The summed E-state index contributed by atoms with van der Waals surface area (Å²) in [6.45, 7) is 8.48. The third-order valence-electron chi connectivity index (χ3n) is 5.88. The predicted molar refractivity (Wildman–Crippen MR) is 132 cm³/mol. The summed E-state index contributed by atoms with van der Waals surface area (Å²) in [6.07, 6.45) is 3.80. The van der Waals surface area contributed by atoms with E-state index in [-0.39, 0.29) is 11.6 Å². The summed E-state index contributed by atoms with van der Waals surface area (Å²) in [5.41, 5.74) is 4.54. The highest BCUT2D eigenvalue weighted by atomic mass is 19.1. The molecule has 0 amide bonds. The Morgan fingerprint density at radius 2 is 1.56 bits per heavy atom. The Balaban J connectivity index is 1.61. The lowest BCUT2D eigenvalue weighted by atomic mass is 10.0. The lowest BCUT2D eigenvalue weighted by Gasteiger charge is -2.17. The summed E-state index contributed by atoms with van der Waals surface area (Å²) >= 11 is 0. The number of nitrogens with one attached hydrogen (secondary N) is 1. The van der Waals surface area contributed by atoms with Crippen LogP contribution in [0, 0.1) is 11.6 Å². The summed E-state index contributed by atoms with van der Waals surface area (Å²) in [5, 5.41) is 8.15. The number of pyridine rings is 1. The molecule has 1 N–H and O–H groups in total. The lowest BCUT2D eigenvalue weighted by Crippen LogP contribution is -2.27. The zero-order valence-electron chi connectivity index (χ0n) is 19.5. The molecular formula is C27H29F2N5. The first kappa shape index (κ1) is 23.6. The Morgan fingerprint density at radius 1 is 0.882 bits per heavy atom. The third kappa shape index (κ3) is 5.85. The highest BCUT2D eigenvalue weighted by molar-refractivity contribution is 5.81. The van der Waals surface area contributed by atoms with Crippen molar-refractivity contribution in [1.29, 1.82) is 0 Å². The number of halogens is 2. The predicted octanol–water partition coefficient (Wildman–Crippen LogP) is 5.84. The van der Waals surface area contributed by atoms with Crippen LogP contribution < -0.4 is 5.32 Å². The maximum absolute atomic E-state index is 13.5. The smallest absolute Gasteiger partial charge is 0.126 e. The van der Waals surface area contributed by atoms with E-state index in [1.54, 1.807) is 30.5 Å². The largest absolute Gasteiger partial charge is 0.366 e. The summed E-state index contributed by atoms with van der Waals surface area (Å²) in [4.78, 5) is 6.78. The van der Waals surface area contributed by atoms with Crippen LogP contribution in [0.3, 0.4) is 0 Å². The zero-order chi connectivity index (χ0) is 23.9. The molecule has 0 spiro atoms. The van der Waals surface area contributed by atoms with Gasteiger partial charge in [-0.15, -0.1) is 0 Å². The van der Waals surface area contributed by atoms with Crippen LogP contribution >= 0.6 is 0 Å². The zero-order valence-corrected chi connectivity index (χ0v) is 19.5. The van der Waals surface area contributed by atoms with Crippen molar-refractivity contribution < 1.29 is 8.78 Å². The van der Waals surface area contributed by atoms with E-state index in [4.69, 9.17) is 5.10 Å². The molecule has 5 nitrogen and oxygen atoms in total. The van der Waals surface area contributed by atoms with Crippen molar-refractivity contribution in [3.63, 3.8) is 0 Å². The van der Waals surface area contributed by atoms with Gasteiger partial charge in [0.05, 0.1) is 6.54 Å². The highest BCUT2D eigenvalue weighted by Gasteiger charge is 2.15. The molecule has 7 heteroatoms. The average molecular weight is 462 g/mol. The van der Waals surface area contributed by atoms with Crippen molar-refractivity contribution >= 4 is 5.82 Å². The van der Waals surface area contributed by atoms with E-state index in [2.05, 4.69) is 29.0 Å². The molecular weight excluding hydrogens is 432 g/mol. The second-order valence-electron chi connectivity index (χ2n) is 8.10. The minimum atomic E-state index is -0.276. The van der Waals surface area contributed by atoms with Gasteiger partial charge in [-0.25, -0.2) is 13.8 Å². The molecule has 2 aromatic carbocycles. The van der Waals surface area contributed by atoms with Gasteiger partial charge >= 0.3 is 0 Å². The molecule has 0 unspecified atom stereocenters. The van der Waals surface area contributed by atoms with Crippen LogP contribution in [0.4, 0.5) is 14.6 Å². The van der Waals surface area contributed by atoms with Gasteiger partial charge in [0.2, 0.25) is 0 Å². The summed E-state index contributed by atoms with van der Waals surface area (Å²) in [5.74, 6) is 0.181. The van der Waals surface area contributed by atoms with Crippen LogP contribution in [0.1, 0.15) is 19.4 Å². The van der Waals surface area contributed by atoms with Crippen molar-refractivity contribution in [3.05, 3.63) is 90.3 Å². The van der Waals surface area contributed by atoms with E-state index in [0.717, 1.165) is 54.1 Å². The van der Waals surface area contributed by atoms with Crippen LogP contribution in [0.2, 0.25) is 0 Å². The Labute approximate surface area is 199 Å². The number of rotatable bonds is 10. The molecule has 4 aromatic rings. The number of benzene rings is 2. The van der Waals surface area contributed by atoms with E-state index >= 15 is 0 Å². The minimum Gasteiger partial charge on any atom is -0.366 e. The van der Waals surface area contributed by atoms with E-state index in [9.17, 15) is 8.78 Å². The molecule has 0 aliphatic rings. The molecule has 0 radical (unpaired) electrons. The van der Waals surface area contributed by atoms with E-state index in [1.807, 2.05) is 23.0 Å². The fourth-order valence-corrected chi connectivity index (χ4v) is 3.84. The van der Waals surface area contributed by atoms with Gasteiger partial charge in [0.1, 0.15) is 23.1 Å². The molecule has 176 valence electrons. The summed E-state index contributed by atoms with van der Waals surface area (Å²) in [7, 11) is 0. The lowest BCUT2D eigenvalue weighted by molar-refractivity contribution is 0.285. The first-order valence-electron chi connectivity index (χ1n) is 11.6. The maximum Gasteiger partial charge on any atom is 0.126 e. The number of hydrogen-bond acceptors (Lipinski definition) is 4. The normalized spacial score (nSPS) is 11.2. The molecule has 0 saturated heterocycles. The van der Waals surface area contributed by atoms with Gasteiger partial charge in [0.25, 0.3) is 0 Å². The van der Waals surface area contributed by atoms with E-state index in [1.165, 1.54) is 24.3 Å². The summed E-state index contributed by atoms with van der Waals surface area (Å²) < 4.78 is 28.7. The minimum absolute atomic E-state index is 0.254. The monoisotopic (exact) mass is 461 g/mol. The first-order valence-corrected chi connectivity index (χ1v) is 11.6. The average Bonchev–Trinajstić information content (AvgIpc) is 3.29. The van der Waals surface area contributed by atoms with Crippen molar-refractivity contribution in [2.45, 2.75) is 26.9 Å². The van der Waals surface area contributed by atoms with Crippen molar-refractivity contribution in [2.24, 2.45) is 0 Å². The molecule has 0 saturated carbocycles. The van der Waals surface area contributed by atoms with Gasteiger partial charge in [-0.3, -0.25) is 4.68 Å². The van der Waals surface area contributed by atoms with Gasteiger partial charge in [-0.05, 0) is 72.7 Å². The van der Waals surface area contributed by atoms with Crippen LogP contribution in [-0.2, 0) is 13.1 Å². The topological polar surface area (TPSA) is 46.0 Å². The Hall–Kier alpha value is -3.58. The van der Waals surface area contributed by atoms with Gasteiger partial charge in [-0.1, -0.05) is 26.0 Å². The third-order valence-corrected chi connectivity index (χ3v) is 5.88. The van der Waals surface area contributed by atoms with Gasteiger partial charge in [-0.2, -0.15) is 5.10 Å². The first-order chi connectivity index (χ1) is 16.6. The van der Waals surface area contributed by atoms with Crippen molar-refractivity contribution in [1.82, 2.24) is 19.7 Å². The van der Waals surface area contributed by atoms with Gasteiger partial charge in [0.15, 0.2) is 0 Å². The molecule has 2 aromatic heterocycles. The number of hydrogen-bond donors (Lipinski definition) is 1. The molecule has 0 fully saturated rings. The maximum atomic E-state index is 13.5. The van der Waals surface area contributed by atoms with Crippen LogP contribution in [0.15, 0.2) is 73.1 Å². The van der Waals surface area contributed by atoms with Crippen molar-refractivity contribution in [2.75, 3.05) is 25.0 Å². The number of likely N-dealkylation sites (N-methyl/N-ethyl adjacent to an activating group) is 1. The second-order valence-corrected chi connectivity index (χ2v) is 8.10. The van der Waals surface area contributed by atoms with Gasteiger partial charge in [0, 0.05) is 36.6 Å². The Kier molecular flexibility index (Phi) is 7.65. The molecule has 34 heavy (non-hydrogen) atoms. The molecule has 0 atom stereocenters. The summed E-state index contributed by atoms with van der Waals surface area (Å²) in [6, 6.07) is 16.7. The van der Waals surface area contributed by atoms with Crippen LogP contribution in [0.5, 0.6) is 0 Å². The number of aromatic nitrogens is 3. The number of anilines is 1. The quantitative estimate of drug-likeness (QED) is 0.322. The highest BCUT2D eigenvalue weighted by Crippen LogP contribution is 2.32. The van der Waals surface area contributed by atoms with Crippen LogP contribution in [0.25, 0.3) is 22.4 Å². The molecule has 0 bridgehead atoms. The fraction of sp³-hybridized carbons (Fsp3) is 0.259. The standard InChI is InChI=1S/C27H29F2N5/c1-3-33(4-2)15-16-34-19-25(27(32-34)21-7-11-24(29)12-8-21)22-13-14-30-26(17-22)31-18-20-5-9-23(28)10-6-20/h5-14,17,19H,3-4,15-16,18H2,1-2H3,(H,30,31). The van der Waals surface area contributed by atoms with E-state index in [0.29, 0.717) is 12.4 Å². The molecule has 0 aliphatic carbocycles. The SMILES string of the molecule is CCN(CC)CCn1cc(-c2ccnc(NCc3ccc(F)cc3)c2)c(-c2ccc(F)cc2)n1. The van der Waals surface area contributed by atoms with Crippen molar-refractivity contribution in [3.8, 4) is 22.4 Å². The fourth-order valence-electron chi connectivity index (χ4n) is 3.84. The van der Waals surface area contributed by atoms with Crippen LogP contribution in [-0.4, -0.2) is 39.3 Å². The Bertz CT molecular complexity index is 1200. The second kappa shape index (κ2) is 11.0. The Morgan fingerprint density at radius 3 is 2.24 bits per heavy atom. The van der Waals surface area contributed by atoms with Gasteiger partial charge < -0.3 is 10.2 Å².